The lowest BCUT2D eigenvalue weighted by Crippen LogP contribution is -2.28. The van der Waals surface area contributed by atoms with Gasteiger partial charge in [-0.05, 0) is 48.5 Å². The van der Waals surface area contributed by atoms with Crippen LogP contribution in [0.4, 0.5) is 0 Å². The number of rotatable bonds is 7. The first kappa shape index (κ1) is 18.4. The van der Waals surface area contributed by atoms with E-state index in [9.17, 15) is 4.79 Å². The Morgan fingerprint density at radius 2 is 1.81 bits per heavy atom. The van der Waals surface area contributed by atoms with Crippen molar-refractivity contribution in [1.82, 2.24) is 10.3 Å². The maximum atomic E-state index is 11.9. The van der Waals surface area contributed by atoms with Crippen LogP contribution in [0.25, 0.3) is 10.6 Å². The van der Waals surface area contributed by atoms with Crippen molar-refractivity contribution in [3.05, 3.63) is 64.1 Å². The summed E-state index contributed by atoms with van der Waals surface area (Å²) >= 11 is 4.90. The molecule has 134 valence electrons. The zero-order chi connectivity index (χ0) is 18.4. The van der Waals surface area contributed by atoms with Crippen LogP contribution in [0.1, 0.15) is 5.69 Å². The molecule has 1 aromatic heterocycles. The number of benzene rings is 2. The van der Waals surface area contributed by atoms with Crippen molar-refractivity contribution in [1.29, 1.82) is 0 Å². The van der Waals surface area contributed by atoms with Crippen molar-refractivity contribution in [2.24, 2.45) is 0 Å². The number of hydrogen-bond acceptors (Lipinski definition) is 5. The summed E-state index contributed by atoms with van der Waals surface area (Å²) in [6, 6.07) is 15.1. The van der Waals surface area contributed by atoms with Crippen LogP contribution >= 0.6 is 27.3 Å². The van der Waals surface area contributed by atoms with Gasteiger partial charge < -0.3 is 14.8 Å². The third-order valence-electron chi connectivity index (χ3n) is 3.54. The minimum Gasteiger partial charge on any atom is -0.497 e. The summed E-state index contributed by atoms with van der Waals surface area (Å²) in [7, 11) is 1.64. The van der Waals surface area contributed by atoms with Gasteiger partial charge in [-0.2, -0.15) is 0 Å². The van der Waals surface area contributed by atoms with Crippen LogP contribution in [0.3, 0.4) is 0 Å². The van der Waals surface area contributed by atoms with E-state index in [4.69, 9.17) is 9.47 Å². The first-order valence-electron chi connectivity index (χ1n) is 7.88. The van der Waals surface area contributed by atoms with Crippen LogP contribution in [-0.2, 0) is 11.3 Å². The lowest BCUT2D eigenvalue weighted by atomic mass is 10.2. The fourth-order valence-electron chi connectivity index (χ4n) is 2.17. The number of carbonyl (C=O) groups is 1. The normalized spacial score (nSPS) is 10.4. The molecule has 0 radical (unpaired) electrons. The number of amides is 1. The van der Waals surface area contributed by atoms with Gasteiger partial charge >= 0.3 is 0 Å². The Morgan fingerprint density at radius 3 is 2.50 bits per heavy atom. The molecule has 5 nitrogen and oxygen atoms in total. The van der Waals surface area contributed by atoms with Gasteiger partial charge in [0.25, 0.3) is 5.91 Å². The van der Waals surface area contributed by atoms with Gasteiger partial charge in [0.05, 0.1) is 19.3 Å². The maximum absolute atomic E-state index is 11.9. The van der Waals surface area contributed by atoms with Gasteiger partial charge in [0.15, 0.2) is 6.61 Å². The van der Waals surface area contributed by atoms with E-state index in [1.165, 1.54) is 0 Å². The number of hydrogen-bond donors (Lipinski definition) is 1. The van der Waals surface area contributed by atoms with Gasteiger partial charge in [-0.15, -0.1) is 11.3 Å². The number of thiazole rings is 1. The van der Waals surface area contributed by atoms with Crippen LogP contribution in [0.5, 0.6) is 11.5 Å². The Morgan fingerprint density at radius 1 is 1.12 bits per heavy atom. The molecule has 0 bridgehead atoms. The lowest BCUT2D eigenvalue weighted by Gasteiger charge is -2.06. The second kappa shape index (κ2) is 8.82. The van der Waals surface area contributed by atoms with Gasteiger partial charge in [0.1, 0.15) is 16.5 Å². The molecule has 0 saturated heterocycles. The van der Waals surface area contributed by atoms with E-state index in [1.54, 1.807) is 30.6 Å². The average molecular weight is 433 g/mol. The fourth-order valence-corrected chi connectivity index (χ4v) is 3.26. The summed E-state index contributed by atoms with van der Waals surface area (Å²) in [5.74, 6) is 1.27. The predicted molar refractivity (Wildman–Crippen MR) is 106 cm³/mol. The molecule has 1 heterocycles. The number of carbonyl (C=O) groups excluding carboxylic acids is 1. The number of nitrogens with one attached hydrogen (secondary N) is 1. The molecule has 2 aromatic carbocycles. The number of methoxy groups -OCH3 is 1. The van der Waals surface area contributed by atoms with Crippen molar-refractivity contribution < 1.29 is 14.3 Å². The van der Waals surface area contributed by atoms with E-state index < -0.39 is 0 Å². The van der Waals surface area contributed by atoms with Gasteiger partial charge in [-0.1, -0.05) is 15.9 Å². The third-order valence-corrected chi connectivity index (χ3v) is 5.01. The molecule has 1 amide bonds. The first-order chi connectivity index (χ1) is 12.6. The van der Waals surface area contributed by atoms with Crippen molar-refractivity contribution >= 4 is 33.2 Å². The summed E-state index contributed by atoms with van der Waals surface area (Å²) in [5, 5.41) is 5.66. The van der Waals surface area contributed by atoms with Gasteiger partial charge in [0.2, 0.25) is 0 Å². The van der Waals surface area contributed by atoms with E-state index in [0.717, 1.165) is 26.5 Å². The van der Waals surface area contributed by atoms with Crippen LogP contribution in [0.15, 0.2) is 58.4 Å². The molecule has 7 heteroatoms. The van der Waals surface area contributed by atoms with Crippen molar-refractivity contribution in [3.63, 3.8) is 0 Å². The van der Waals surface area contributed by atoms with E-state index in [0.29, 0.717) is 12.3 Å². The maximum Gasteiger partial charge on any atom is 0.258 e. The Bertz CT molecular complexity index is 863. The van der Waals surface area contributed by atoms with Gasteiger partial charge in [-0.3, -0.25) is 4.79 Å². The van der Waals surface area contributed by atoms with Gasteiger partial charge in [0, 0.05) is 15.4 Å². The quantitative estimate of drug-likeness (QED) is 0.605. The Labute approximate surface area is 164 Å². The molecule has 0 saturated carbocycles. The number of ether oxygens (including phenoxy) is 2. The van der Waals surface area contributed by atoms with E-state index in [1.807, 2.05) is 41.8 Å². The highest BCUT2D eigenvalue weighted by molar-refractivity contribution is 9.10. The summed E-state index contributed by atoms with van der Waals surface area (Å²) in [4.78, 5) is 16.5. The highest BCUT2D eigenvalue weighted by atomic mass is 79.9. The first-order valence-corrected chi connectivity index (χ1v) is 9.55. The predicted octanol–water partition coefficient (Wildman–Crippen LogP) is 4.28. The monoisotopic (exact) mass is 432 g/mol. The molecule has 3 aromatic rings. The second-order valence-corrected chi connectivity index (χ2v) is 7.17. The second-order valence-electron chi connectivity index (χ2n) is 5.39. The summed E-state index contributed by atoms with van der Waals surface area (Å²) < 4.78 is 11.6. The van der Waals surface area contributed by atoms with Crippen LogP contribution in [0, 0.1) is 0 Å². The van der Waals surface area contributed by atoms with E-state index in [-0.39, 0.29) is 12.5 Å². The molecule has 0 aliphatic rings. The fraction of sp³-hybridized carbons (Fsp3) is 0.158. The van der Waals surface area contributed by atoms with E-state index in [2.05, 4.69) is 26.2 Å². The summed E-state index contributed by atoms with van der Waals surface area (Å²) in [6.45, 7) is 0.340. The summed E-state index contributed by atoms with van der Waals surface area (Å²) in [6.07, 6.45) is 0. The Kier molecular flexibility index (Phi) is 6.25. The number of aromatic nitrogens is 1. The Hall–Kier alpha value is -2.38. The average Bonchev–Trinajstić information content (AvgIpc) is 3.15. The standard InChI is InChI=1S/C19H17BrN2O3S/c1-24-16-6-2-13(3-7-16)19-22-15(12-26-19)10-21-18(23)11-25-17-8-4-14(20)5-9-17/h2-9,12H,10-11H2,1H3,(H,21,23). The zero-order valence-electron chi connectivity index (χ0n) is 14.1. The molecule has 1 N–H and O–H groups in total. The van der Waals surface area contributed by atoms with Crippen molar-refractivity contribution in [3.8, 4) is 22.1 Å². The molecule has 0 aliphatic heterocycles. The SMILES string of the molecule is COc1ccc(-c2nc(CNC(=O)COc3ccc(Br)cc3)cs2)cc1. The zero-order valence-corrected chi connectivity index (χ0v) is 16.5. The Balaban J connectivity index is 1.49. The smallest absolute Gasteiger partial charge is 0.258 e. The molecular weight excluding hydrogens is 416 g/mol. The lowest BCUT2D eigenvalue weighted by molar-refractivity contribution is -0.123. The molecule has 26 heavy (non-hydrogen) atoms. The number of nitrogens with zero attached hydrogens (tertiary/aromatic N) is 1. The van der Waals surface area contributed by atoms with Crippen LogP contribution in [-0.4, -0.2) is 24.6 Å². The molecule has 0 fully saturated rings. The van der Waals surface area contributed by atoms with Crippen molar-refractivity contribution in [2.45, 2.75) is 6.54 Å². The molecule has 3 rings (SSSR count). The largest absolute Gasteiger partial charge is 0.497 e. The van der Waals surface area contributed by atoms with Gasteiger partial charge in [-0.25, -0.2) is 4.98 Å². The molecule has 0 unspecified atom stereocenters. The van der Waals surface area contributed by atoms with E-state index >= 15 is 0 Å². The minimum atomic E-state index is -0.188. The molecule has 0 aliphatic carbocycles. The summed E-state index contributed by atoms with van der Waals surface area (Å²) in [5.41, 5.74) is 1.84. The minimum absolute atomic E-state index is 0.0306. The van der Waals surface area contributed by atoms with Crippen LogP contribution < -0.4 is 14.8 Å². The highest BCUT2D eigenvalue weighted by Crippen LogP contribution is 2.25. The van der Waals surface area contributed by atoms with Crippen molar-refractivity contribution in [2.75, 3.05) is 13.7 Å². The third kappa shape index (κ3) is 5.06. The van der Waals surface area contributed by atoms with Crippen LogP contribution in [0.2, 0.25) is 0 Å². The highest BCUT2D eigenvalue weighted by Gasteiger charge is 2.07. The molecule has 0 atom stereocenters. The topological polar surface area (TPSA) is 60.5 Å². The molecular formula is C19H17BrN2O3S. The molecule has 0 spiro atoms. The number of halogens is 1.